The highest BCUT2D eigenvalue weighted by Gasteiger charge is 2.44. The number of hydrogen-bond donors (Lipinski definition) is 2. The summed E-state index contributed by atoms with van der Waals surface area (Å²) in [5, 5.41) is 25.9. The maximum atomic E-state index is 11.8. The number of carbonyl (C=O) groups excluding carboxylic acids is 1. The number of aliphatic hydroxyl groups is 1. The van der Waals surface area contributed by atoms with Gasteiger partial charge >= 0.3 is 0 Å². The zero-order valence-corrected chi connectivity index (χ0v) is 13.4. The smallest absolute Gasteiger partial charge is 0.225 e. The van der Waals surface area contributed by atoms with Crippen LogP contribution in [0.1, 0.15) is 38.3 Å². The van der Waals surface area contributed by atoms with Crippen LogP contribution in [-0.4, -0.2) is 38.3 Å². The van der Waals surface area contributed by atoms with E-state index in [0.717, 1.165) is 6.42 Å². The lowest BCUT2D eigenvalue weighted by molar-refractivity contribution is -0.116. The fourth-order valence-electron chi connectivity index (χ4n) is 2.98. The predicted octanol–water partition coefficient (Wildman–Crippen LogP) is 1.36. The van der Waals surface area contributed by atoms with Crippen molar-refractivity contribution in [3.05, 3.63) is 24.2 Å². The summed E-state index contributed by atoms with van der Waals surface area (Å²) in [7, 11) is 0. The normalized spacial score (nSPS) is 23.3. The Labute approximate surface area is 139 Å². The molecular formula is C16H19N5O3. The van der Waals surface area contributed by atoms with Crippen molar-refractivity contribution in [1.29, 1.82) is 5.26 Å². The Morgan fingerprint density at radius 3 is 3.12 bits per heavy atom. The molecule has 8 heteroatoms. The molecule has 24 heavy (non-hydrogen) atoms. The number of rotatable bonds is 5. The van der Waals surface area contributed by atoms with Crippen LogP contribution in [0.2, 0.25) is 0 Å². The summed E-state index contributed by atoms with van der Waals surface area (Å²) in [6, 6.07) is 5.72. The number of nitrogens with one attached hydrogen (secondary N) is 1. The average Bonchev–Trinajstić information content (AvgIpc) is 3.20. The van der Waals surface area contributed by atoms with Gasteiger partial charge in [-0.1, -0.05) is 6.92 Å². The number of amides is 1. The zero-order valence-electron chi connectivity index (χ0n) is 13.4. The molecule has 1 saturated heterocycles. The molecule has 1 fully saturated rings. The van der Waals surface area contributed by atoms with Crippen molar-refractivity contribution < 1.29 is 14.6 Å². The van der Waals surface area contributed by atoms with Crippen LogP contribution in [0.4, 0.5) is 5.82 Å². The molecule has 0 saturated carbocycles. The molecule has 8 nitrogen and oxygen atoms in total. The topological polar surface area (TPSA) is 113 Å². The van der Waals surface area contributed by atoms with E-state index in [0.29, 0.717) is 36.3 Å². The third-order valence-electron chi connectivity index (χ3n) is 4.17. The van der Waals surface area contributed by atoms with Crippen LogP contribution >= 0.6 is 0 Å². The minimum Gasteiger partial charge on any atom is -0.394 e. The van der Waals surface area contributed by atoms with Crippen molar-refractivity contribution in [3.8, 4) is 6.07 Å². The monoisotopic (exact) mass is 329 g/mol. The minimum absolute atomic E-state index is 0.117. The Morgan fingerprint density at radius 2 is 2.46 bits per heavy atom. The highest BCUT2D eigenvalue weighted by Crippen LogP contribution is 2.39. The quantitative estimate of drug-likeness (QED) is 0.856. The second-order valence-electron chi connectivity index (χ2n) is 5.82. The maximum Gasteiger partial charge on any atom is 0.225 e. The first kappa shape index (κ1) is 16.4. The largest absolute Gasteiger partial charge is 0.394 e. The summed E-state index contributed by atoms with van der Waals surface area (Å²) in [4.78, 5) is 16.0. The third kappa shape index (κ3) is 2.72. The van der Waals surface area contributed by atoms with E-state index in [2.05, 4.69) is 21.5 Å². The number of fused-ring (bicyclic) bond motifs is 1. The van der Waals surface area contributed by atoms with Crippen LogP contribution in [0.5, 0.6) is 0 Å². The van der Waals surface area contributed by atoms with Gasteiger partial charge in [0.15, 0.2) is 11.4 Å². The van der Waals surface area contributed by atoms with Crippen molar-refractivity contribution in [2.45, 2.75) is 44.3 Å². The predicted molar refractivity (Wildman–Crippen MR) is 85.0 cm³/mol. The number of ether oxygens (including phenoxy) is 1. The first-order valence-corrected chi connectivity index (χ1v) is 7.96. The van der Waals surface area contributed by atoms with Crippen molar-refractivity contribution in [2.75, 3.05) is 11.9 Å². The van der Waals surface area contributed by atoms with Gasteiger partial charge in [0.1, 0.15) is 17.9 Å². The fourth-order valence-corrected chi connectivity index (χ4v) is 2.98. The van der Waals surface area contributed by atoms with Gasteiger partial charge in [-0.25, -0.2) is 9.50 Å². The molecule has 126 valence electrons. The van der Waals surface area contributed by atoms with E-state index in [-0.39, 0.29) is 18.6 Å². The van der Waals surface area contributed by atoms with Gasteiger partial charge in [0.05, 0.1) is 18.4 Å². The van der Waals surface area contributed by atoms with E-state index in [1.807, 2.05) is 6.92 Å². The molecule has 3 heterocycles. The molecular weight excluding hydrogens is 310 g/mol. The lowest BCUT2D eigenvalue weighted by atomic mass is 9.98. The van der Waals surface area contributed by atoms with E-state index in [9.17, 15) is 15.2 Å². The van der Waals surface area contributed by atoms with E-state index in [1.54, 1.807) is 16.6 Å². The van der Waals surface area contributed by atoms with Gasteiger partial charge in [0.25, 0.3) is 0 Å². The lowest BCUT2D eigenvalue weighted by Gasteiger charge is -2.21. The standard InChI is InChI=1S/C16H19N5O3/c1-2-3-14(23)20-15-12-4-5-13(21(12)19-10-18-15)16(9-17)7-6-11(8-22)24-16/h4-5,10-11,22H,2-3,6-8H2,1H3,(H,18,19,20,23). The van der Waals surface area contributed by atoms with Crippen molar-refractivity contribution in [2.24, 2.45) is 0 Å². The molecule has 0 aliphatic carbocycles. The lowest BCUT2D eigenvalue weighted by Crippen LogP contribution is -2.28. The molecule has 2 atom stereocenters. The minimum atomic E-state index is -1.15. The van der Waals surface area contributed by atoms with Gasteiger partial charge < -0.3 is 15.2 Å². The summed E-state index contributed by atoms with van der Waals surface area (Å²) in [5.74, 6) is 0.285. The highest BCUT2D eigenvalue weighted by atomic mass is 16.5. The molecule has 2 N–H and O–H groups in total. The number of aliphatic hydroxyl groups excluding tert-OH is 1. The number of nitrogens with zero attached hydrogens (tertiary/aromatic N) is 4. The van der Waals surface area contributed by atoms with Crippen LogP contribution in [0.25, 0.3) is 5.52 Å². The summed E-state index contributed by atoms with van der Waals surface area (Å²) in [6.07, 6.45) is 3.20. The number of nitriles is 1. The molecule has 3 rings (SSSR count). The summed E-state index contributed by atoms with van der Waals surface area (Å²) < 4.78 is 7.35. The molecule has 0 spiro atoms. The first-order valence-electron chi connectivity index (χ1n) is 7.96. The van der Waals surface area contributed by atoms with Gasteiger partial charge in [-0.15, -0.1) is 0 Å². The Hall–Kier alpha value is -2.50. The van der Waals surface area contributed by atoms with Crippen molar-refractivity contribution in [1.82, 2.24) is 14.6 Å². The van der Waals surface area contributed by atoms with Gasteiger partial charge in [-0.3, -0.25) is 4.79 Å². The molecule has 0 bridgehead atoms. The number of aromatic nitrogens is 3. The van der Waals surface area contributed by atoms with Crippen molar-refractivity contribution in [3.63, 3.8) is 0 Å². The molecule has 1 aliphatic heterocycles. The Bertz CT molecular complexity index is 797. The summed E-state index contributed by atoms with van der Waals surface area (Å²) in [5.41, 5.74) is 0.0192. The van der Waals surface area contributed by atoms with Gasteiger partial charge in [-0.05, 0) is 31.4 Å². The molecule has 0 aromatic carbocycles. The Balaban J connectivity index is 2.00. The zero-order chi connectivity index (χ0) is 17.2. The van der Waals surface area contributed by atoms with Gasteiger partial charge in [0.2, 0.25) is 5.91 Å². The number of anilines is 1. The second kappa shape index (κ2) is 6.55. The molecule has 0 radical (unpaired) electrons. The van der Waals surface area contributed by atoms with Crippen LogP contribution in [-0.2, 0) is 15.1 Å². The van der Waals surface area contributed by atoms with Gasteiger partial charge in [-0.2, -0.15) is 10.4 Å². The van der Waals surface area contributed by atoms with E-state index in [1.165, 1.54) is 6.33 Å². The second-order valence-corrected chi connectivity index (χ2v) is 5.82. The maximum absolute atomic E-state index is 11.8. The SMILES string of the molecule is CCCC(=O)Nc1ncnn2c(C3(C#N)CCC(CO)O3)ccc12. The molecule has 1 aliphatic rings. The third-order valence-corrected chi connectivity index (χ3v) is 4.17. The van der Waals surface area contributed by atoms with E-state index in [4.69, 9.17) is 4.74 Å². The van der Waals surface area contributed by atoms with Crippen LogP contribution < -0.4 is 5.32 Å². The van der Waals surface area contributed by atoms with Crippen LogP contribution in [0, 0.1) is 11.3 Å². The first-order chi connectivity index (χ1) is 11.6. The molecule has 2 unspecified atom stereocenters. The highest BCUT2D eigenvalue weighted by molar-refractivity contribution is 5.93. The molecule has 1 amide bonds. The molecule has 2 aromatic heterocycles. The Kier molecular flexibility index (Phi) is 4.46. The number of hydrogen-bond acceptors (Lipinski definition) is 6. The van der Waals surface area contributed by atoms with Crippen LogP contribution in [0.3, 0.4) is 0 Å². The van der Waals surface area contributed by atoms with Gasteiger partial charge in [0, 0.05) is 6.42 Å². The van der Waals surface area contributed by atoms with Crippen molar-refractivity contribution >= 4 is 17.2 Å². The summed E-state index contributed by atoms with van der Waals surface area (Å²) in [6.45, 7) is 1.80. The summed E-state index contributed by atoms with van der Waals surface area (Å²) >= 11 is 0. The van der Waals surface area contributed by atoms with E-state index >= 15 is 0 Å². The molecule has 2 aromatic rings. The van der Waals surface area contributed by atoms with Crippen LogP contribution in [0.15, 0.2) is 18.5 Å². The average molecular weight is 329 g/mol. The number of carbonyl (C=O) groups is 1. The van der Waals surface area contributed by atoms with E-state index < -0.39 is 5.60 Å². The fraction of sp³-hybridized carbons (Fsp3) is 0.500. The Morgan fingerprint density at radius 1 is 1.62 bits per heavy atom.